The number of carbonyl (C=O) groups is 1. The third kappa shape index (κ3) is 3.79. The molecule has 6 heteroatoms. The lowest BCUT2D eigenvalue weighted by atomic mass is 10.0. The third-order valence-electron chi connectivity index (χ3n) is 4.86. The van der Waals surface area contributed by atoms with Gasteiger partial charge in [-0.25, -0.2) is 4.98 Å². The summed E-state index contributed by atoms with van der Waals surface area (Å²) in [6.45, 7) is 1.13. The minimum absolute atomic E-state index is 0.170. The smallest absolute Gasteiger partial charge is 0.323 e. The van der Waals surface area contributed by atoms with E-state index in [4.69, 9.17) is 9.72 Å². The number of aromatic nitrogens is 2. The highest BCUT2D eigenvalue weighted by Crippen LogP contribution is 2.38. The molecule has 0 atom stereocenters. The van der Waals surface area contributed by atoms with Gasteiger partial charge in [-0.2, -0.15) is 0 Å². The van der Waals surface area contributed by atoms with Crippen molar-refractivity contribution >= 4 is 27.8 Å². The first kappa shape index (κ1) is 19.0. The van der Waals surface area contributed by atoms with Gasteiger partial charge in [-0.15, -0.1) is 0 Å². The molecular formula is C23H23N3O3. The Morgan fingerprint density at radius 3 is 2.62 bits per heavy atom. The van der Waals surface area contributed by atoms with Crippen LogP contribution in [0.25, 0.3) is 33.2 Å². The summed E-state index contributed by atoms with van der Waals surface area (Å²) in [7, 11) is 3.99. The average Bonchev–Trinajstić information content (AvgIpc) is 3.05. The highest BCUT2D eigenvalue weighted by molar-refractivity contribution is 6.00. The summed E-state index contributed by atoms with van der Waals surface area (Å²) in [6, 6.07) is 19.6. The van der Waals surface area contributed by atoms with Gasteiger partial charge in [0.2, 0.25) is 0 Å². The monoisotopic (exact) mass is 389 g/mol. The van der Waals surface area contributed by atoms with Gasteiger partial charge >= 0.3 is 5.97 Å². The molecule has 0 fully saturated rings. The summed E-state index contributed by atoms with van der Waals surface area (Å²) in [4.78, 5) is 18.5. The number of imidazole rings is 1. The number of ether oxygens (including phenoxy) is 1. The molecule has 1 aromatic heterocycles. The van der Waals surface area contributed by atoms with E-state index in [-0.39, 0.29) is 6.54 Å². The lowest BCUT2D eigenvalue weighted by molar-refractivity contribution is -0.137. The van der Waals surface area contributed by atoms with E-state index >= 15 is 0 Å². The van der Waals surface area contributed by atoms with Crippen molar-refractivity contribution in [1.82, 2.24) is 14.5 Å². The van der Waals surface area contributed by atoms with Gasteiger partial charge in [0.25, 0.3) is 0 Å². The number of carboxylic acid groups (broad SMARTS) is 1. The van der Waals surface area contributed by atoms with E-state index in [1.54, 1.807) is 4.57 Å². The van der Waals surface area contributed by atoms with Crippen LogP contribution >= 0.6 is 0 Å². The molecule has 0 saturated carbocycles. The molecule has 148 valence electrons. The van der Waals surface area contributed by atoms with Crippen LogP contribution in [0.15, 0.2) is 60.7 Å². The average molecular weight is 389 g/mol. The van der Waals surface area contributed by atoms with Crippen molar-refractivity contribution < 1.29 is 14.6 Å². The molecule has 0 aliphatic carbocycles. The fourth-order valence-electron chi connectivity index (χ4n) is 3.50. The van der Waals surface area contributed by atoms with Crippen LogP contribution in [0.4, 0.5) is 0 Å². The highest BCUT2D eigenvalue weighted by Gasteiger charge is 2.20. The quantitative estimate of drug-likeness (QED) is 0.520. The first-order chi connectivity index (χ1) is 14.0. The predicted molar refractivity (Wildman–Crippen MR) is 114 cm³/mol. The number of hydrogen-bond donors (Lipinski definition) is 1. The van der Waals surface area contributed by atoms with E-state index in [2.05, 4.69) is 4.90 Å². The van der Waals surface area contributed by atoms with E-state index in [9.17, 15) is 9.90 Å². The van der Waals surface area contributed by atoms with Crippen molar-refractivity contribution in [1.29, 1.82) is 0 Å². The Kier molecular flexibility index (Phi) is 5.18. The standard InChI is InChI=1S/C23H23N3O3/c1-25(2)13-14-29-20-12-11-16-7-3-4-8-17(16)22(20)23-24-18-9-5-6-10-19(18)26(23)15-21(27)28/h3-12H,13-15H2,1-2H3,(H,27,28). The summed E-state index contributed by atoms with van der Waals surface area (Å²) < 4.78 is 7.87. The second kappa shape index (κ2) is 7.93. The molecule has 0 spiro atoms. The van der Waals surface area contributed by atoms with Gasteiger partial charge in [0, 0.05) is 6.54 Å². The number of rotatable bonds is 7. The molecule has 0 saturated heterocycles. The zero-order valence-electron chi connectivity index (χ0n) is 16.5. The zero-order valence-corrected chi connectivity index (χ0v) is 16.5. The van der Waals surface area contributed by atoms with Crippen molar-refractivity contribution in [3.8, 4) is 17.1 Å². The fourth-order valence-corrected chi connectivity index (χ4v) is 3.50. The normalized spacial score (nSPS) is 11.4. The van der Waals surface area contributed by atoms with Gasteiger partial charge < -0.3 is 19.3 Å². The van der Waals surface area contributed by atoms with Gasteiger partial charge in [0.05, 0.1) is 16.6 Å². The SMILES string of the molecule is CN(C)CCOc1ccc2ccccc2c1-c1nc2ccccc2n1CC(=O)O. The Morgan fingerprint density at radius 1 is 1.07 bits per heavy atom. The van der Waals surface area contributed by atoms with Crippen LogP contribution in [-0.4, -0.2) is 52.8 Å². The molecule has 1 N–H and O–H groups in total. The molecule has 0 radical (unpaired) electrons. The number of benzene rings is 3. The number of carboxylic acids is 1. The van der Waals surface area contributed by atoms with E-state index in [0.717, 1.165) is 33.9 Å². The molecular weight excluding hydrogens is 366 g/mol. The number of nitrogens with zero attached hydrogens (tertiary/aromatic N) is 3. The molecule has 29 heavy (non-hydrogen) atoms. The van der Waals surface area contributed by atoms with Crippen LogP contribution in [0.2, 0.25) is 0 Å². The third-order valence-corrected chi connectivity index (χ3v) is 4.86. The van der Waals surface area contributed by atoms with Gasteiger partial charge in [-0.1, -0.05) is 42.5 Å². The fraction of sp³-hybridized carbons (Fsp3) is 0.217. The lowest BCUT2D eigenvalue weighted by Gasteiger charge is -2.16. The van der Waals surface area contributed by atoms with Gasteiger partial charge in [-0.05, 0) is 43.1 Å². The first-order valence-corrected chi connectivity index (χ1v) is 9.51. The number of aliphatic carboxylic acids is 1. The second-order valence-corrected chi connectivity index (χ2v) is 7.22. The molecule has 4 aromatic rings. The molecule has 0 aliphatic heterocycles. The number of likely N-dealkylation sites (N-methyl/N-ethyl adjacent to an activating group) is 1. The van der Waals surface area contributed by atoms with Gasteiger partial charge in [-0.3, -0.25) is 4.79 Å². The number of fused-ring (bicyclic) bond motifs is 2. The molecule has 0 amide bonds. The Labute approximate surface area is 169 Å². The minimum atomic E-state index is -0.912. The Bertz CT molecular complexity index is 1180. The molecule has 6 nitrogen and oxygen atoms in total. The van der Waals surface area contributed by atoms with Gasteiger partial charge in [0.1, 0.15) is 24.7 Å². The van der Waals surface area contributed by atoms with Crippen molar-refractivity contribution in [3.05, 3.63) is 60.7 Å². The summed E-state index contributed by atoms with van der Waals surface area (Å²) in [5.74, 6) is 0.391. The molecule has 4 rings (SSSR count). The van der Waals surface area contributed by atoms with Crippen molar-refractivity contribution in [2.24, 2.45) is 0 Å². The molecule has 0 aliphatic rings. The maximum Gasteiger partial charge on any atom is 0.323 e. The van der Waals surface area contributed by atoms with Crippen molar-refractivity contribution in [2.45, 2.75) is 6.54 Å². The highest BCUT2D eigenvalue weighted by atomic mass is 16.5. The number of para-hydroxylation sites is 2. The van der Waals surface area contributed by atoms with Crippen LogP contribution in [-0.2, 0) is 11.3 Å². The molecule has 0 bridgehead atoms. The van der Waals surface area contributed by atoms with E-state index in [0.29, 0.717) is 18.2 Å². The molecule has 1 heterocycles. The summed E-state index contributed by atoms with van der Waals surface area (Å²) >= 11 is 0. The minimum Gasteiger partial charge on any atom is -0.491 e. The van der Waals surface area contributed by atoms with Crippen LogP contribution in [0, 0.1) is 0 Å². The summed E-state index contributed by atoms with van der Waals surface area (Å²) in [5, 5.41) is 11.6. The van der Waals surface area contributed by atoms with E-state index in [1.165, 1.54) is 0 Å². The second-order valence-electron chi connectivity index (χ2n) is 7.22. The van der Waals surface area contributed by atoms with Crippen LogP contribution in [0.3, 0.4) is 0 Å². The predicted octanol–water partition coefficient (Wildman–Crippen LogP) is 3.88. The van der Waals surface area contributed by atoms with Crippen molar-refractivity contribution in [2.75, 3.05) is 27.2 Å². The Balaban J connectivity index is 1.95. The van der Waals surface area contributed by atoms with E-state index < -0.39 is 5.97 Å². The van der Waals surface area contributed by atoms with Crippen molar-refractivity contribution in [3.63, 3.8) is 0 Å². The maximum absolute atomic E-state index is 11.6. The van der Waals surface area contributed by atoms with Crippen LogP contribution in [0.5, 0.6) is 5.75 Å². The maximum atomic E-state index is 11.6. The van der Waals surface area contributed by atoms with E-state index in [1.807, 2.05) is 74.8 Å². The molecule has 0 unspecified atom stereocenters. The number of hydrogen-bond acceptors (Lipinski definition) is 4. The zero-order chi connectivity index (χ0) is 20.4. The largest absolute Gasteiger partial charge is 0.491 e. The summed E-state index contributed by atoms with van der Waals surface area (Å²) in [6.07, 6.45) is 0. The molecule has 3 aromatic carbocycles. The Hall–Kier alpha value is -3.38. The van der Waals surface area contributed by atoms with Gasteiger partial charge in [0.15, 0.2) is 0 Å². The van der Waals surface area contributed by atoms with Crippen LogP contribution < -0.4 is 4.74 Å². The lowest BCUT2D eigenvalue weighted by Crippen LogP contribution is -2.19. The Morgan fingerprint density at radius 2 is 1.83 bits per heavy atom. The first-order valence-electron chi connectivity index (χ1n) is 9.51. The summed E-state index contributed by atoms with van der Waals surface area (Å²) in [5.41, 5.74) is 2.37. The van der Waals surface area contributed by atoms with Crippen LogP contribution in [0.1, 0.15) is 0 Å². The topological polar surface area (TPSA) is 67.6 Å².